The van der Waals surface area contributed by atoms with E-state index in [-0.39, 0.29) is 36.9 Å². The molecule has 10 heteroatoms. The number of aromatic nitrogens is 1. The molecule has 0 aliphatic heterocycles. The Bertz CT molecular complexity index is 1240. The topological polar surface area (TPSA) is 118 Å². The number of rotatable bonds is 13. The van der Waals surface area contributed by atoms with Gasteiger partial charge in [0.25, 0.3) is 0 Å². The van der Waals surface area contributed by atoms with Gasteiger partial charge in [-0.05, 0) is 54.3 Å². The first-order chi connectivity index (χ1) is 18.2. The molecule has 0 aliphatic carbocycles. The van der Waals surface area contributed by atoms with Gasteiger partial charge in [-0.25, -0.2) is 13.2 Å². The predicted molar refractivity (Wildman–Crippen MR) is 144 cm³/mol. The summed E-state index contributed by atoms with van der Waals surface area (Å²) >= 11 is 0. The molecule has 0 radical (unpaired) electrons. The second kappa shape index (κ2) is 13.9. The van der Waals surface area contributed by atoms with Gasteiger partial charge in [-0.2, -0.15) is 4.31 Å². The van der Waals surface area contributed by atoms with E-state index in [1.165, 1.54) is 23.5 Å². The van der Waals surface area contributed by atoms with Crippen LogP contribution in [0.25, 0.3) is 0 Å². The Labute approximate surface area is 224 Å². The number of pyridine rings is 1. The zero-order chi connectivity index (χ0) is 27.5. The average Bonchev–Trinajstić information content (AvgIpc) is 2.92. The number of amides is 1. The molecule has 1 aromatic heterocycles. The average molecular weight is 542 g/mol. The molecule has 0 fully saturated rings. The van der Waals surface area contributed by atoms with Gasteiger partial charge in [0.1, 0.15) is 12.4 Å². The van der Waals surface area contributed by atoms with Crippen LogP contribution in [0.5, 0.6) is 5.75 Å². The second-order valence-electron chi connectivity index (χ2n) is 9.30. The number of aliphatic hydroxyl groups is 1. The van der Waals surface area contributed by atoms with Crippen molar-refractivity contribution < 1.29 is 27.8 Å². The molecule has 3 aromatic rings. The van der Waals surface area contributed by atoms with E-state index in [0.29, 0.717) is 11.4 Å². The zero-order valence-corrected chi connectivity index (χ0v) is 22.7. The van der Waals surface area contributed by atoms with E-state index >= 15 is 0 Å². The van der Waals surface area contributed by atoms with Crippen molar-refractivity contribution in [2.24, 2.45) is 5.92 Å². The Hall–Kier alpha value is -3.47. The van der Waals surface area contributed by atoms with Gasteiger partial charge < -0.3 is 19.9 Å². The first-order valence-electron chi connectivity index (χ1n) is 12.4. The van der Waals surface area contributed by atoms with E-state index in [9.17, 15) is 18.3 Å². The van der Waals surface area contributed by atoms with Crippen LogP contribution < -0.4 is 10.1 Å². The molecule has 3 rings (SSSR count). The van der Waals surface area contributed by atoms with Crippen LogP contribution in [0.1, 0.15) is 25.1 Å². The number of carbonyl (C=O) groups excluding carboxylic acids is 1. The summed E-state index contributed by atoms with van der Waals surface area (Å²) in [4.78, 5) is 16.9. The van der Waals surface area contributed by atoms with E-state index in [0.717, 1.165) is 5.56 Å². The fraction of sp³-hybridized carbons (Fsp3) is 0.357. The van der Waals surface area contributed by atoms with E-state index in [1.54, 1.807) is 36.5 Å². The first kappa shape index (κ1) is 29.1. The molecule has 1 heterocycles. The Morgan fingerprint density at radius 1 is 1.00 bits per heavy atom. The standard InChI is InChI=1S/C28H35N3O6S/c1-21(2)18-31(38(34,35)25-14-12-24(36-3)13-15-25)19-27(32)26(17-22-9-5-4-6-10-22)30-28(33)37-20-23-11-7-8-16-29-23/h4-16,21,26-27,32H,17-20H2,1-3H3,(H,30,33). The molecule has 2 unspecified atom stereocenters. The molecular formula is C28H35N3O6S. The molecule has 204 valence electrons. The van der Waals surface area contributed by atoms with Crippen molar-refractivity contribution in [2.75, 3.05) is 20.2 Å². The van der Waals surface area contributed by atoms with Crippen LogP contribution in [0.3, 0.4) is 0 Å². The predicted octanol–water partition coefficient (Wildman–Crippen LogP) is 3.64. The number of alkyl carbamates (subject to hydrolysis) is 1. The van der Waals surface area contributed by atoms with Crippen LogP contribution >= 0.6 is 0 Å². The quantitative estimate of drug-likeness (QED) is 0.339. The maximum absolute atomic E-state index is 13.5. The molecule has 2 aromatic carbocycles. The highest BCUT2D eigenvalue weighted by Gasteiger charge is 2.31. The Balaban J connectivity index is 1.79. The lowest BCUT2D eigenvalue weighted by molar-refractivity contribution is 0.0869. The Morgan fingerprint density at radius 3 is 2.29 bits per heavy atom. The molecule has 0 aliphatic rings. The lowest BCUT2D eigenvalue weighted by atomic mass is 10.0. The highest BCUT2D eigenvalue weighted by molar-refractivity contribution is 7.89. The van der Waals surface area contributed by atoms with Crippen LogP contribution in [0.2, 0.25) is 0 Å². The molecule has 2 atom stereocenters. The van der Waals surface area contributed by atoms with Crippen LogP contribution in [0.4, 0.5) is 4.79 Å². The molecule has 38 heavy (non-hydrogen) atoms. The minimum atomic E-state index is -3.93. The fourth-order valence-corrected chi connectivity index (χ4v) is 5.50. The third-order valence-corrected chi connectivity index (χ3v) is 7.65. The number of nitrogens with zero attached hydrogens (tertiary/aromatic N) is 2. The Kier molecular flexibility index (Phi) is 10.6. The van der Waals surface area contributed by atoms with Crippen molar-refractivity contribution in [2.45, 2.75) is 43.9 Å². The summed E-state index contributed by atoms with van der Waals surface area (Å²) in [7, 11) is -2.43. The van der Waals surface area contributed by atoms with Crippen LogP contribution in [-0.2, 0) is 27.8 Å². The molecule has 0 spiro atoms. The van der Waals surface area contributed by atoms with Gasteiger partial charge in [-0.1, -0.05) is 50.2 Å². The fourth-order valence-electron chi connectivity index (χ4n) is 3.88. The van der Waals surface area contributed by atoms with Crippen molar-refractivity contribution in [3.8, 4) is 5.75 Å². The highest BCUT2D eigenvalue weighted by atomic mass is 32.2. The summed E-state index contributed by atoms with van der Waals surface area (Å²) in [5, 5.41) is 14.0. The SMILES string of the molecule is COc1ccc(S(=O)(=O)N(CC(C)C)CC(O)C(Cc2ccccc2)NC(=O)OCc2ccccn2)cc1. The van der Waals surface area contributed by atoms with Crippen molar-refractivity contribution in [1.29, 1.82) is 0 Å². The molecule has 0 saturated carbocycles. The maximum Gasteiger partial charge on any atom is 0.407 e. The number of benzene rings is 2. The van der Waals surface area contributed by atoms with Gasteiger partial charge in [0.2, 0.25) is 10.0 Å². The number of nitrogens with one attached hydrogen (secondary N) is 1. The molecule has 1 amide bonds. The highest BCUT2D eigenvalue weighted by Crippen LogP contribution is 2.21. The number of aliphatic hydroxyl groups excluding tert-OH is 1. The lowest BCUT2D eigenvalue weighted by Crippen LogP contribution is -2.51. The van der Waals surface area contributed by atoms with Crippen molar-refractivity contribution in [3.63, 3.8) is 0 Å². The van der Waals surface area contributed by atoms with Gasteiger partial charge in [0, 0.05) is 19.3 Å². The van der Waals surface area contributed by atoms with Crippen LogP contribution in [0.15, 0.2) is 83.9 Å². The molecule has 9 nitrogen and oxygen atoms in total. The minimum Gasteiger partial charge on any atom is -0.497 e. The van der Waals surface area contributed by atoms with E-state index in [1.807, 2.05) is 44.2 Å². The zero-order valence-electron chi connectivity index (χ0n) is 21.9. The van der Waals surface area contributed by atoms with Crippen LogP contribution in [-0.4, -0.2) is 61.3 Å². The summed E-state index contributed by atoms with van der Waals surface area (Å²) in [6.07, 6.45) is -0.0716. The number of ether oxygens (including phenoxy) is 2. The van der Waals surface area contributed by atoms with Gasteiger partial charge in [-0.15, -0.1) is 0 Å². The third-order valence-electron chi connectivity index (χ3n) is 5.80. The number of carbonyl (C=O) groups is 1. The lowest BCUT2D eigenvalue weighted by Gasteiger charge is -2.30. The number of methoxy groups -OCH3 is 1. The first-order valence-corrected chi connectivity index (χ1v) is 13.8. The molecule has 2 N–H and O–H groups in total. The number of hydrogen-bond donors (Lipinski definition) is 2. The van der Waals surface area contributed by atoms with Crippen molar-refractivity contribution in [1.82, 2.24) is 14.6 Å². The second-order valence-corrected chi connectivity index (χ2v) is 11.2. The number of hydrogen-bond acceptors (Lipinski definition) is 7. The van der Waals surface area contributed by atoms with E-state index < -0.39 is 28.3 Å². The molecule has 0 saturated heterocycles. The Morgan fingerprint density at radius 2 is 1.68 bits per heavy atom. The van der Waals surface area contributed by atoms with E-state index in [4.69, 9.17) is 9.47 Å². The smallest absolute Gasteiger partial charge is 0.407 e. The van der Waals surface area contributed by atoms with Crippen molar-refractivity contribution in [3.05, 3.63) is 90.3 Å². The van der Waals surface area contributed by atoms with Gasteiger partial charge in [0.05, 0.1) is 29.8 Å². The largest absolute Gasteiger partial charge is 0.497 e. The summed E-state index contributed by atoms with van der Waals surface area (Å²) in [5.41, 5.74) is 1.45. The van der Waals surface area contributed by atoms with Gasteiger partial charge in [-0.3, -0.25) is 4.98 Å². The van der Waals surface area contributed by atoms with Gasteiger partial charge >= 0.3 is 6.09 Å². The summed E-state index contributed by atoms with van der Waals surface area (Å²) in [6, 6.07) is 19.9. The van der Waals surface area contributed by atoms with E-state index in [2.05, 4.69) is 10.3 Å². The summed E-state index contributed by atoms with van der Waals surface area (Å²) < 4.78 is 38.7. The van der Waals surface area contributed by atoms with Crippen molar-refractivity contribution >= 4 is 16.1 Å². The summed E-state index contributed by atoms with van der Waals surface area (Å²) in [5.74, 6) is 0.537. The third kappa shape index (κ3) is 8.54. The van der Waals surface area contributed by atoms with Crippen LogP contribution in [0, 0.1) is 5.92 Å². The van der Waals surface area contributed by atoms with Gasteiger partial charge in [0.15, 0.2) is 0 Å². The number of sulfonamides is 1. The monoisotopic (exact) mass is 541 g/mol. The normalized spacial score (nSPS) is 13.2. The summed E-state index contributed by atoms with van der Waals surface area (Å²) in [6.45, 7) is 3.74. The molecule has 0 bridgehead atoms. The minimum absolute atomic E-state index is 0.000839. The molecular weight excluding hydrogens is 506 g/mol. The maximum atomic E-state index is 13.5.